The number of esters is 3. The maximum absolute atomic E-state index is 13.2. The molecule has 0 atom stereocenters. The van der Waals surface area contributed by atoms with E-state index < -0.39 is 33.9 Å². The third-order valence-corrected chi connectivity index (χ3v) is 8.68. The van der Waals surface area contributed by atoms with Crippen LogP contribution < -0.4 is 0 Å². The Hall–Kier alpha value is -3.58. The van der Waals surface area contributed by atoms with E-state index >= 15 is 0 Å². The molecule has 1 fully saturated rings. The van der Waals surface area contributed by atoms with Crippen LogP contribution in [0.2, 0.25) is 0 Å². The highest BCUT2D eigenvalue weighted by molar-refractivity contribution is 8.00. The van der Waals surface area contributed by atoms with Gasteiger partial charge in [0, 0.05) is 20.3 Å². The monoisotopic (exact) mass is 546 g/mol. The highest BCUT2D eigenvalue weighted by atomic mass is 32.2. The average molecular weight is 547 g/mol. The van der Waals surface area contributed by atoms with Gasteiger partial charge in [-0.3, -0.25) is 14.4 Å². The molecule has 6 nitrogen and oxygen atoms in total. The van der Waals surface area contributed by atoms with Crippen molar-refractivity contribution in [1.82, 2.24) is 0 Å². The van der Waals surface area contributed by atoms with Gasteiger partial charge in [0.15, 0.2) is 5.41 Å². The molecule has 4 rings (SSSR count). The summed E-state index contributed by atoms with van der Waals surface area (Å²) in [5, 5.41) is 0. The second-order valence-corrected chi connectivity index (χ2v) is 11.4. The first kappa shape index (κ1) is 28.4. The van der Waals surface area contributed by atoms with E-state index in [-0.39, 0.29) is 19.3 Å². The predicted molar refractivity (Wildman–Crippen MR) is 151 cm³/mol. The van der Waals surface area contributed by atoms with E-state index in [1.165, 1.54) is 21.0 Å². The number of benzene rings is 3. The fraction of sp³-hybridized carbons (Fsp3) is 0.344. The summed E-state index contributed by atoms with van der Waals surface area (Å²) in [5.74, 6) is -2.52. The van der Waals surface area contributed by atoms with Crippen LogP contribution in [0.1, 0.15) is 56.2 Å². The molecule has 0 spiro atoms. The van der Waals surface area contributed by atoms with Crippen molar-refractivity contribution in [1.29, 1.82) is 0 Å². The largest absolute Gasteiger partial charge is 0.469 e. The number of hydrogen-bond acceptors (Lipinski definition) is 7. The fourth-order valence-corrected chi connectivity index (χ4v) is 6.57. The fourth-order valence-electron chi connectivity index (χ4n) is 5.06. The Morgan fingerprint density at radius 2 is 1.21 bits per heavy atom. The maximum Gasteiger partial charge on any atom is 0.326 e. The molecule has 0 radical (unpaired) electrons. The minimum absolute atomic E-state index is 0.0285. The first-order valence-electron chi connectivity index (χ1n) is 13.1. The molecule has 0 aromatic heterocycles. The third-order valence-electron chi connectivity index (χ3n) is 7.05. The van der Waals surface area contributed by atoms with E-state index in [0.717, 1.165) is 16.7 Å². The summed E-state index contributed by atoms with van der Waals surface area (Å²) in [7, 11) is 1.28. The Bertz CT molecular complexity index is 1160. The van der Waals surface area contributed by atoms with Gasteiger partial charge < -0.3 is 14.2 Å². The van der Waals surface area contributed by atoms with E-state index in [1.807, 2.05) is 54.6 Å². The molecule has 0 N–H and O–H groups in total. The highest BCUT2D eigenvalue weighted by Crippen LogP contribution is 2.49. The molecule has 3 aromatic carbocycles. The Morgan fingerprint density at radius 1 is 0.769 bits per heavy atom. The summed E-state index contributed by atoms with van der Waals surface area (Å²) in [6.07, 6.45) is 0.597. The zero-order valence-corrected chi connectivity index (χ0v) is 23.4. The van der Waals surface area contributed by atoms with Gasteiger partial charge in [0.1, 0.15) is 0 Å². The molecule has 0 amide bonds. The molecular weight excluding hydrogens is 512 g/mol. The van der Waals surface area contributed by atoms with Gasteiger partial charge in [-0.1, -0.05) is 91.0 Å². The van der Waals surface area contributed by atoms with E-state index in [1.54, 1.807) is 11.8 Å². The number of carbonyl (C=O) groups is 3. The van der Waals surface area contributed by atoms with Gasteiger partial charge >= 0.3 is 17.9 Å². The van der Waals surface area contributed by atoms with Gasteiger partial charge in [0.05, 0.1) is 11.9 Å². The zero-order chi connectivity index (χ0) is 27.9. The molecule has 1 saturated heterocycles. The number of methoxy groups -OCH3 is 1. The van der Waals surface area contributed by atoms with Crippen LogP contribution in [0.4, 0.5) is 0 Å². The summed E-state index contributed by atoms with van der Waals surface area (Å²) in [6.45, 7) is 3.05. The lowest BCUT2D eigenvalue weighted by Crippen LogP contribution is -2.54. The van der Waals surface area contributed by atoms with Crippen LogP contribution in [0.15, 0.2) is 91.0 Å². The number of thioether (sulfide) groups is 1. The Morgan fingerprint density at radius 3 is 1.62 bits per heavy atom. The minimum Gasteiger partial charge on any atom is -0.469 e. The molecule has 0 unspecified atom stereocenters. The summed E-state index contributed by atoms with van der Waals surface area (Å²) < 4.78 is 15.2. The SMILES string of the molecule is COC(=O)CCC1(CCCSC(c2ccccc2)(c2ccccc2)c2ccccc2)C(=O)OC(C)(C)OC1=O. The Labute approximate surface area is 234 Å². The number of cyclic esters (lactones) is 2. The lowest BCUT2D eigenvalue weighted by atomic mass is 9.78. The normalized spacial score (nSPS) is 16.2. The van der Waals surface area contributed by atoms with Crippen LogP contribution in [0.25, 0.3) is 0 Å². The summed E-state index contributed by atoms with van der Waals surface area (Å²) in [6, 6.07) is 31.0. The lowest BCUT2D eigenvalue weighted by Gasteiger charge is -2.40. The lowest BCUT2D eigenvalue weighted by molar-refractivity contribution is -0.252. The van der Waals surface area contributed by atoms with Crippen molar-refractivity contribution in [2.24, 2.45) is 5.41 Å². The van der Waals surface area contributed by atoms with Crippen molar-refractivity contribution in [2.75, 3.05) is 12.9 Å². The average Bonchev–Trinajstić information content (AvgIpc) is 2.95. The van der Waals surface area contributed by atoms with Gasteiger partial charge in [0.2, 0.25) is 0 Å². The number of ether oxygens (including phenoxy) is 3. The number of hydrogen-bond donors (Lipinski definition) is 0. The van der Waals surface area contributed by atoms with Crippen LogP contribution >= 0.6 is 11.8 Å². The molecule has 1 heterocycles. The second-order valence-electron chi connectivity index (χ2n) is 10.1. The van der Waals surface area contributed by atoms with E-state index in [2.05, 4.69) is 36.4 Å². The van der Waals surface area contributed by atoms with Crippen molar-refractivity contribution < 1.29 is 28.6 Å². The van der Waals surface area contributed by atoms with Gasteiger partial charge in [-0.15, -0.1) is 11.8 Å². The number of carbonyl (C=O) groups excluding carboxylic acids is 3. The highest BCUT2D eigenvalue weighted by Gasteiger charge is 2.55. The quantitative estimate of drug-likeness (QED) is 0.121. The van der Waals surface area contributed by atoms with Gasteiger partial charge in [-0.25, -0.2) is 0 Å². The standard InChI is InChI=1S/C32H34O6S/c1-30(2)37-28(34)31(29(35)38-30,22-20-27(33)36-3)21-13-23-39-32(24-14-7-4-8-15-24,25-16-9-5-10-17-25)26-18-11-6-12-19-26/h4-12,14-19H,13,20-23H2,1-3H3. The van der Waals surface area contributed by atoms with Crippen molar-refractivity contribution in [3.63, 3.8) is 0 Å². The van der Waals surface area contributed by atoms with E-state index in [4.69, 9.17) is 14.2 Å². The minimum atomic E-state index is -1.56. The smallest absolute Gasteiger partial charge is 0.326 e. The topological polar surface area (TPSA) is 78.9 Å². The van der Waals surface area contributed by atoms with Crippen molar-refractivity contribution in [2.45, 2.75) is 50.1 Å². The Kier molecular flexibility index (Phi) is 8.80. The molecule has 3 aromatic rings. The van der Waals surface area contributed by atoms with Crippen LogP contribution in [0, 0.1) is 5.41 Å². The molecule has 39 heavy (non-hydrogen) atoms. The van der Waals surface area contributed by atoms with Crippen LogP contribution in [0.3, 0.4) is 0 Å². The summed E-state index contributed by atoms with van der Waals surface area (Å²) >= 11 is 1.75. The molecule has 204 valence electrons. The Balaban J connectivity index is 1.64. The predicted octanol–water partition coefficient (Wildman–Crippen LogP) is 6.27. The van der Waals surface area contributed by atoms with Gasteiger partial charge in [0.25, 0.3) is 5.79 Å². The van der Waals surface area contributed by atoms with Crippen molar-refractivity contribution >= 4 is 29.7 Å². The summed E-state index contributed by atoms with van der Waals surface area (Å²) in [5.41, 5.74) is 1.84. The molecule has 0 bridgehead atoms. The van der Waals surface area contributed by atoms with Crippen molar-refractivity contribution in [3.05, 3.63) is 108 Å². The maximum atomic E-state index is 13.2. The molecule has 1 aliphatic rings. The van der Waals surface area contributed by atoms with Crippen LogP contribution in [-0.4, -0.2) is 36.6 Å². The van der Waals surface area contributed by atoms with Crippen LogP contribution in [-0.2, 0) is 33.3 Å². The van der Waals surface area contributed by atoms with Gasteiger partial charge in [-0.2, -0.15) is 0 Å². The van der Waals surface area contributed by atoms with E-state index in [0.29, 0.717) is 12.2 Å². The molecular formula is C32H34O6S. The molecule has 1 aliphatic heterocycles. The molecule has 0 saturated carbocycles. The van der Waals surface area contributed by atoms with Crippen molar-refractivity contribution in [3.8, 4) is 0 Å². The zero-order valence-electron chi connectivity index (χ0n) is 22.6. The molecule has 0 aliphatic carbocycles. The van der Waals surface area contributed by atoms with Gasteiger partial charge in [-0.05, 0) is 41.7 Å². The summed E-state index contributed by atoms with van der Waals surface area (Å²) in [4.78, 5) is 38.4. The molecule has 7 heteroatoms. The first-order chi connectivity index (χ1) is 18.7. The van der Waals surface area contributed by atoms with Crippen LogP contribution in [0.5, 0.6) is 0 Å². The van der Waals surface area contributed by atoms with E-state index in [9.17, 15) is 14.4 Å². The third kappa shape index (κ3) is 6.04. The number of rotatable bonds is 11. The first-order valence-corrected chi connectivity index (χ1v) is 14.1. The second kappa shape index (κ2) is 12.1.